The molecule has 1 rings (SSSR count). The van der Waals surface area contributed by atoms with Crippen LogP contribution < -0.4 is 4.90 Å². The molecule has 11 nitrogen and oxygen atoms in total. The van der Waals surface area contributed by atoms with Crippen molar-refractivity contribution in [1.29, 1.82) is 0 Å². The third-order valence-electron chi connectivity index (χ3n) is 5.07. The summed E-state index contributed by atoms with van der Waals surface area (Å²) in [5.41, 5.74) is 2.36. The molecule has 45 heavy (non-hydrogen) atoms. The molecule has 0 aliphatic rings. The Morgan fingerprint density at radius 1 is 0.844 bits per heavy atom. The molecular weight excluding hydrogens is 598 g/mol. The average Bonchev–Trinajstić information content (AvgIpc) is 3.06. The van der Waals surface area contributed by atoms with E-state index >= 15 is 0 Å². The molecule has 0 aliphatic heterocycles. The summed E-state index contributed by atoms with van der Waals surface area (Å²) in [5, 5.41) is 40.5. The maximum absolute atomic E-state index is 10.7. The Morgan fingerprint density at radius 2 is 1.33 bits per heavy atom. The third kappa shape index (κ3) is 28.1. The van der Waals surface area contributed by atoms with E-state index in [1.165, 1.54) is 11.8 Å². The summed E-state index contributed by atoms with van der Waals surface area (Å²) in [6.07, 6.45) is -1.61. The summed E-state index contributed by atoms with van der Waals surface area (Å²) in [6, 6.07) is 5.62. The predicted molar refractivity (Wildman–Crippen MR) is 188 cm³/mol. The van der Waals surface area contributed by atoms with E-state index in [2.05, 4.69) is 23.4 Å². The SMILES string of the molecule is C=CSC(=C)N=Nc1ccc(N(CC(O)COCCOCCO)CC(O)COCCOCCOCC)cc1C.CC.CC.CC. The Morgan fingerprint density at radius 3 is 1.80 bits per heavy atom. The molecular formula is C33H63N3O8S. The third-order valence-corrected chi connectivity index (χ3v) is 5.59. The lowest BCUT2D eigenvalue weighted by molar-refractivity contribution is -0.00951. The number of rotatable bonds is 25. The van der Waals surface area contributed by atoms with Gasteiger partial charge in [0, 0.05) is 25.4 Å². The number of thioether (sulfide) groups is 1. The normalized spacial score (nSPS) is 11.7. The van der Waals surface area contributed by atoms with Crippen LogP contribution in [-0.2, 0) is 23.7 Å². The van der Waals surface area contributed by atoms with Crippen molar-refractivity contribution in [2.24, 2.45) is 10.2 Å². The fraction of sp³-hybridized carbons (Fsp3) is 0.697. The maximum atomic E-state index is 10.7. The van der Waals surface area contributed by atoms with Crippen LogP contribution in [0.25, 0.3) is 0 Å². The first-order valence-electron chi connectivity index (χ1n) is 16.0. The average molecular weight is 662 g/mol. The monoisotopic (exact) mass is 661 g/mol. The van der Waals surface area contributed by atoms with Gasteiger partial charge in [0.05, 0.1) is 84.0 Å². The van der Waals surface area contributed by atoms with E-state index in [4.69, 9.17) is 28.8 Å². The highest BCUT2D eigenvalue weighted by Gasteiger charge is 2.18. The Labute approximate surface area is 277 Å². The van der Waals surface area contributed by atoms with Gasteiger partial charge in [-0.25, -0.2) is 0 Å². The number of nitrogens with zero attached hydrogens (tertiary/aromatic N) is 3. The van der Waals surface area contributed by atoms with E-state index in [1.54, 1.807) is 5.41 Å². The van der Waals surface area contributed by atoms with Crippen LogP contribution in [-0.4, -0.2) is 113 Å². The molecule has 1 aromatic rings. The number of hydrogen-bond donors (Lipinski definition) is 3. The zero-order chi connectivity index (χ0) is 34.7. The molecule has 0 aromatic heterocycles. The first-order valence-corrected chi connectivity index (χ1v) is 16.9. The number of aliphatic hydroxyl groups excluding tert-OH is 3. The Kier molecular flexibility index (Phi) is 38.7. The van der Waals surface area contributed by atoms with Crippen molar-refractivity contribution in [3.8, 4) is 0 Å². The van der Waals surface area contributed by atoms with E-state index in [1.807, 2.05) is 78.5 Å². The van der Waals surface area contributed by atoms with Gasteiger partial charge in [-0.15, -0.1) is 10.2 Å². The first kappa shape index (κ1) is 47.5. The quantitative estimate of drug-likeness (QED) is 0.0830. The van der Waals surface area contributed by atoms with Crippen molar-refractivity contribution in [2.75, 3.05) is 90.7 Å². The largest absolute Gasteiger partial charge is 0.394 e. The molecule has 1 aromatic carbocycles. The minimum atomic E-state index is -0.811. The van der Waals surface area contributed by atoms with Gasteiger partial charge in [0.2, 0.25) is 0 Å². The number of aliphatic hydroxyl groups is 3. The van der Waals surface area contributed by atoms with Gasteiger partial charge in [-0.2, -0.15) is 0 Å². The van der Waals surface area contributed by atoms with Gasteiger partial charge >= 0.3 is 0 Å². The zero-order valence-electron chi connectivity index (χ0n) is 29.2. The van der Waals surface area contributed by atoms with Crippen LogP contribution in [0.3, 0.4) is 0 Å². The minimum absolute atomic E-state index is 0.0489. The number of benzene rings is 1. The molecule has 264 valence electrons. The van der Waals surface area contributed by atoms with Crippen molar-refractivity contribution >= 4 is 23.1 Å². The molecule has 0 saturated carbocycles. The summed E-state index contributed by atoms with van der Waals surface area (Å²) in [4.78, 5) is 1.88. The van der Waals surface area contributed by atoms with Crippen LogP contribution in [0.2, 0.25) is 0 Å². The fourth-order valence-corrected chi connectivity index (χ4v) is 3.56. The lowest BCUT2D eigenvalue weighted by Crippen LogP contribution is -2.41. The minimum Gasteiger partial charge on any atom is -0.394 e. The number of aryl methyl sites for hydroxylation is 1. The summed E-state index contributed by atoms with van der Waals surface area (Å²) in [7, 11) is 0. The predicted octanol–water partition coefficient (Wildman–Crippen LogP) is 6.13. The second-order valence-electron chi connectivity index (χ2n) is 8.36. The van der Waals surface area contributed by atoms with Gasteiger partial charge in [-0.1, -0.05) is 66.5 Å². The zero-order valence-corrected chi connectivity index (χ0v) is 30.0. The first-order chi connectivity index (χ1) is 21.9. The molecule has 3 N–H and O–H groups in total. The smallest absolute Gasteiger partial charge is 0.116 e. The number of hydrogen-bond acceptors (Lipinski definition) is 12. The lowest BCUT2D eigenvalue weighted by Gasteiger charge is -2.30. The Balaban J connectivity index is -0.00000276. The maximum Gasteiger partial charge on any atom is 0.116 e. The van der Waals surface area contributed by atoms with Gasteiger partial charge in [-0.3, -0.25) is 0 Å². The molecule has 0 amide bonds. The molecule has 0 spiro atoms. The van der Waals surface area contributed by atoms with Crippen molar-refractivity contribution < 1.29 is 39.0 Å². The van der Waals surface area contributed by atoms with Crippen molar-refractivity contribution in [3.05, 3.63) is 47.4 Å². The summed E-state index contributed by atoms with van der Waals surface area (Å²) in [5.74, 6) is 0. The van der Waals surface area contributed by atoms with Crippen LogP contribution >= 0.6 is 11.8 Å². The highest BCUT2D eigenvalue weighted by Crippen LogP contribution is 2.27. The van der Waals surface area contributed by atoms with Gasteiger partial charge in [0.15, 0.2) is 0 Å². The number of ether oxygens (including phenoxy) is 5. The molecule has 0 bridgehead atoms. The van der Waals surface area contributed by atoms with Crippen LogP contribution in [0, 0.1) is 6.92 Å². The topological polar surface area (TPSA) is 135 Å². The van der Waals surface area contributed by atoms with Crippen LogP contribution in [0.5, 0.6) is 0 Å². The second kappa shape index (κ2) is 36.6. The van der Waals surface area contributed by atoms with E-state index in [-0.39, 0.29) is 39.5 Å². The Bertz CT molecular complexity index is 833. The van der Waals surface area contributed by atoms with E-state index < -0.39 is 12.2 Å². The van der Waals surface area contributed by atoms with Crippen molar-refractivity contribution in [3.63, 3.8) is 0 Å². The van der Waals surface area contributed by atoms with E-state index in [0.29, 0.717) is 57.0 Å². The molecule has 0 fully saturated rings. The van der Waals surface area contributed by atoms with Crippen LogP contribution in [0.15, 0.2) is 52.0 Å². The van der Waals surface area contributed by atoms with Gasteiger partial charge < -0.3 is 43.9 Å². The van der Waals surface area contributed by atoms with Crippen molar-refractivity contribution in [1.82, 2.24) is 0 Å². The molecule has 0 heterocycles. The van der Waals surface area contributed by atoms with Crippen molar-refractivity contribution in [2.45, 2.75) is 67.6 Å². The van der Waals surface area contributed by atoms with Gasteiger partial charge in [-0.05, 0) is 43.0 Å². The molecule has 0 saturated heterocycles. The molecule has 2 unspecified atom stereocenters. The van der Waals surface area contributed by atoms with Gasteiger partial charge in [0.1, 0.15) is 5.03 Å². The summed E-state index contributed by atoms with van der Waals surface area (Å²) < 4.78 is 26.9. The standard InChI is InChI=1S/C27H45N3O8S.3C2H6/c1-5-34-11-12-36-14-16-38-21-26(33)19-30(18-25(32)20-37-15-13-35-10-9-31)24-7-8-27(22(3)17-24)29-28-23(4)39-6-2;3*1-2/h6-8,17,25-26,31-33H,2,4-5,9-16,18-21H2,1,3H3;3*1-2H3. The van der Waals surface area contributed by atoms with Crippen LogP contribution in [0.1, 0.15) is 54.0 Å². The molecule has 0 radical (unpaired) electrons. The molecule has 2 atom stereocenters. The number of azo groups is 1. The highest BCUT2D eigenvalue weighted by molar-refractivity contribution is 8.05. The number of anilines is 1. The Hall–Kier alpha value is -1.87. The summed E-state index contributed by atoms with van der Waals surface area (Å²) in [6.45, 7) is 27.2. The molecule has 0 aliphatic carbocycles. The van der Waals surface area contributed by atoms with Gasteiger partial charge in [0.25, 0.3) is 0 Å². The van der Waals surface area contributed by atoms with E-state index in [9.17, 15) is 10.2 Å². The fourth-order valence-electron chi connectivity index (χ4n) is 3.28. The molecule has 12 heteroatoms. The second-order valence-corrected chi connectivity index (χ2v) is 9.40. The highest BCUT2D eigenvalue weighted by atomic mass is 32.2. The van der Waals surface area contributed by atoms with E-state index in [0.717, 1.165) is 11.3 Å². The lowest BCUT2D eigenvalue weighted by atomic mass is 10.1. The van der Waals surface area contributed by atoms with Crippen LogP contribution in [0.4, 0.5) is 11.4 Å². The summed E-state index contributed by atoms with van der Waals surface area (Å²) >= 11 is 1.29.